The fourth-order valence-electron chi connectivity index (χ4n) is 3.14. The van der Waals surface area contributed by atoms with E-state index < -0.39 is 18.0 Å². The third-order valence-electron chi connectivity index (χ3n) is 5.07. The van der Waals surface area contributed by atoms with Gasteiger partial charge in [-0.3, -0.25) is 19.0 Å². The quantitative estimate of drug-likeness (QED) is 0.606. The molecule has 1 amide bonds. The summed E-state index contributed by atoms with van der Waals surface area (Å²) in [5.74, 6) is -0.832. The van der Waals surface area contributed by atoms with Gasteiger partial charge >= 0.3 is 5.97 Å². The maximum Gasteiger partial charge on any atom is 0.326 e. The van der Waals surface area contributed by atoms with E-state index in [-0.39, 0.29) is 18.0 Å². The average Bonchev–Trinajstić information content (AvgIpc) is 2.75. The molecule has 0 aliphatic rings. The van der Waals surface area contributed by atoms with Crippen molar-refractivity contribution in [1.29, 1.82) is 0 Å². The Bertz CT molecular complexity index is 1120. The molecule has 0 spiro atoms. The molecule has 7 nitrogen and oxygen atoms in total. The third kappa shape index (κ3) is 4.74. The first-order valence-corrected chi connectivity index (χ1v) is 9.94. The summed E-state index contributed by atoms with van der Waals surface area (Å²) in [6.45, 7) is 5.35. The van der Waals surface area contributed by atoms with Crippen LogP contribution in [0.5, 0.6) is 0 Å². The maximum absolute atomic E-state index is 12.5. The number of ether oxygens (including phenoxy) is 1. The minimum atomic E-state index is -1.01. The zero-order chi connectivity index (χ0) is 21.7. The van der Waals surface area contributed by atoms with Crippen LogP contribution in [0.25, 0.3) is 10.9 Å². The summed E-state index contributed by atoms with van der Waals surface area (Å²) in [4.78, 5) is 41.5. The predicted octanol–water partition coefficient (Wildman–Crippen LogP) is 3.48. The van der Waals surface area contributed by atoms with E-state index in [0.29, 0.717) is 16.6 Å². The molecule has 0 fully saturated rings. The van der Waals surface area contributed by atoms with E-state index in [4.69, 9.17) is 4.74 Å². The number of amides is 1. The third-order valence-corrected chi connectivity index (χ3v) is 5.07. The van der Waals surface area contributed by atoms with Crippen molar-refractivity contribution in [3.63, 3.8) is 0 Å². The summed E-state index contributed by atoms with van der Waals surface area (Å²) in [5, 5.41) is 3.25. The molecule has 3 rings (SSSR count). The number of hydrogen-bond acceptors (Lipinski definition) is 5. The molecule has 156 valence electrons. The highest BCUT2D eigenvalue weighted by Crippen LogP contribution is 2.26. The smallest absolute Gasteiger partial charge is 0.326 e. The Labute approximate surface area is 174 Å². The Hall–Kier alpha value is -3.48. The second-order valence-electron chi connectivity index (χ2n) is 7.21. The van der Waals surface area contributed by atoms with Crippen LogP contribution in [-0.2, 0) is 20.9 Å². The molecule has 0 saturated heterocycles. The molecule has 0 aliphatic carbocycles. The van der Waals surface area contributed by atoms with Crippen molar-refractivity contribution in [2.24, 2.45) is 0 Å². The second-order valence-corrected chi connectivity index (χ2v) is 7.21. The molecule has 1 N–H and O–H groups in total. The number of anilines is 1. The SMILES string of the molecule is CC[C@@H](C)c1ccccc1NC(=O)[C@H](C)OC(=O)Cn1cnc2ccccc2c1=O. The lowest BCUT2D eigenvalue weighted by Crippen LogP contribution is -2.33. The van der Waals surface area contributed by atoms with Crippen molar-refractivity contribution in [3.8, 4) is 0 Å². The van der Waals surface area contributed by atoms with Crippen molar-refractivity contribution < 1.29 is 14.3 Å². The van der Waals surface area contributed by atoms with Gasteiger partial charge in [-0.25, -0.2) is 4.98 Å². The number of nitrogens with zero attached hydrogens (tertiary/aromatic N) is 2. The van der Waals surface area contributed by atoms with Crippen LogP contribution in [-0.4, -0.2) is 27.5 Å². The van der Waals surface area contributed by atoms with Gasteiger partial charge in [-0.15, -0.1) is 0 Å². The van der Waals surface area contributed by atoms with Gasteiger partial charge in [0.2, 0.25) is 0 Å². The minimum absolute atomic E-state index is 0.284. The molecule has 1 aromatic heterocycles. The minimum Gasteiger partial charge on any atom is -0.451 e. The van der Waals surface area contributed by atoms with E-state index in [1.807, 2.05) is 24.3 Å². The van der Waals surface area contributed by atoms with Crippen molar-refractivity contribution in [2.45, 2.75) is 45.8 Å². The van der Waals surface area contributed by atoms with Crippen LogP contribution in [0.2, 0.25) is 0 Å². The summed E-state index contributed by atoms with van der Waals surface area (Å²) in [7, 11) is 0. The van der Waals surface area contributed by atoms with Crippen LogP contribution < -0.4 is 10.9 Å². The fraction of sp³-hybridized carbons (Fsp3) is 0.304. The highest BCUT2D eigenvalue weighted by atomic mass is 16.5. The van der Waals surface area contributed by atoms with Crippen LogP contribution >= 0.6 is 0 Å². The van der Waals surface area contributed by atoms with E-state index in [1.165, 1.54) is 17.8 Å². The Kier molecular flexibility index (Phi) is 6.61. The number of rotatable bonds is 7. The lowest BCUT2D eigenvalue weighted by molar-refractivity contribution is -0.153. The van der Waals surface area contributed by atoms with E-state index in [2.05, 4.69) is 24.1 Å². The number of nitrogens with one attached hydrogen (secondary N) is 1. The molecule has 0 bridgehead atoms. The average molecular weight is 407 g/mol. The van der Waals surface area contributed by atoms with Gasteiger partial charge in [-0.2, -0.15) is 0 Å². The van der Waals surface area contributed by atoms with Crippen LogP contribution in [0.15, 0.2) is 59.7 Å². The van der Waals surface area contributed by atoms with Gasteiger partial charge in [0, 0.05) is 5.69 Å². The van der Waals surface area contributed by atoms with Gasteiger partial charge in [0.25, 0.3) is 11.5 Å². The summed E-state index contributed by atoms with van der Waals surface area (Å²) in [6, 6.07) is 14.5. The molecule has 7 heteroatoms. The van der Waals surface area contributed by atoms with E-state index in [9.17, 15) is 14.4 Å². The lowest BCUT2D eigenvalue weighted by Gasteiger charge is -2.18. The number of para-hydroxylation sites is 2. The summed E-state index contributed by atoms with van der Waals surface area (Å²) >= 11 is 0. The van der Waals surface area contributed by atoms with Gasteiger partial charge in [0.15, 0.2) is 6.10 Å². The van der Waals surface area contributed by atoms with Crippen molar-refractivity contribution in [3.05, 3.63) is 70.8 Å². The standard InChI is InChI=1S/C23H25N3O4/c1-4-15(2)17-9-5-8-12-20(17)25-22(28)16(3)30-21(27)13-26-14-24-19-11-7-6-10-18(19)23(26)29/h5-12,14-16H,4,13H2,1-3H3,(H,25,28)/t15-,16+/m1/s1. The molecule has 30 heavy (non-hydrogen) atoms. The van der Waals surface area contributed by atoms with E-state index >= 15 is 0 Å². The van der Waals surface area contributed by atoms with Crippen LogP contribution in [0, 0.1) is 0 Å². The molecule has 2 atom stereocenters. The normalized spacial score (nSPS) is 12.9. The maximum atomic E-state index is 12.5. The molecule has 0 aliphatic heterocycles. The van der Waals surface area contributed by atoms with Gasteiger partial charge in [-0.05, 0) is 43.0 Å². The molecule has 2 aromatic carbocycles. The molecule has 3 aromatic rings. The molecular formula is C23H25N3O4. The van der Waals surface area contributed by atoms with Crippen molar-refractivity contribution in [1.82, 2.24) is 9.55 Å². The molecular weight excluding hydrogens is 382 g/mol. The highest BCUT2D eigenvalue weighted by molar-refractivity contribution is 5.95. The number of carbonyl (C=O) groups is 2. The summed E-state index contributed by atoms with van der Waals surface area (Å²) in [5.41, 5.74) is 1.95. The zero-order valence-electron chi connectivity index (χ0n) is 17.3. The largest absolute Gasteiger partial charge is 0.451 e. The van der Waals surface area contributed by atoms with E-state index in [0.717, 1.165) is 12.0 Å². The van der Waals surface area contributed by atoms with Gasteiger partial charge < -0.3 is 10.1 Å². The number of aromatic nitrogens is 2. The number of hydrogen-bond donors (Lipinski definition) is 1. The Balaban J connectivity index is 1.66. The number of carbonyl (C=O) groups excluding carboxylic acids is 2. The Morgan fingerprint density at radius 1 is 1.10 bits per heavy atom. The topological polar surface area (TPSA) is 90.3 Å². The van der Waals surface area contributed by atoms with Gasteiger partial charge in [0.1, 0.15) is 6.54 Å². The van der Waals surface area contributed by atoms with Crippen molar-refractivity contribution >= 4 is 28.5 Å². The number of benzene rings is 2. The number of fused-ring (bicyclic) bond motifs is 1. The Morgan fingerprint density at radius 2 is 1.80 bits per heavy atom. The zero-order valence-corrected chi connectivity index (χ0v) is 17.3. The highest BCUT2D eigenvalue weighted by Gasteiger charge is 2.20. The monoisotopic (exact) mass is 407 g/mol. The van der Waals surface area contributed by atoms with Crippen LogP contribution in [0.4, 0.5) is 5.69 Å². The summed E-state index contributed by atoms with van der Waals surface area (Å²) < 4.78 is 6.42. The first-order chi connectivity index (χ1) is 14.4. The Morgan fingerprint density at radius 3 is 2.57 bits per heavy atom. The number of esters is 1. The fourth-order valence-corrected chi connectivity index (χ4v) is 3.14. The van der Waals surface area contributed by atoms with E-state index in [1.54, 1.807) is 24.3 Å². The van der Waals surface area contributed by atoms with Gasteiger partial charge in [0.05, 0.1) is 17.2 Å². The predicted molar refractivity (Wildman–Crippen MR) is 115 cm³/mol. The molecule has 0 saturated carbocycles. The first kappa shape index (κ1) is 21.2. The van der Waals surface area contributed by atoms with Crippen LogP contribution in [0.1, 0.15) is 38.7 Å². The molecule has 1 heterocycles. The first-order valence-electron chi connectivity index (χ1n) is 9.94. The lowest BCUT2D eigenvalue weighted by atomic mass is 9.97. The van der Waals surface area contributed by atoms with Crippen LogP contribution in [0.3, 0.4) is 0 Å². The van der Waals surface area contributed by atoms with Gasteiger partial charge in [-0.1, -0.05) is 44.2 Å². The second kappa shape index (κ2) is 9.35. The molecule has 0 radical (unpaired) electrons. The summed E-state index contributed by atoms with van der Waals surface area (Å²) in [6.07, 6.45) is 1.23. The molecule has 0 unspecified atom stereocenters. The van der Waals surface area contributed by atoms with Crippen molar-refractivity contribution in [2.75, 3.05) is 5.32 Å².